The normalized spacial score (nSPS) is 12.1. The van der Waals surface area contributed by atoms with Crippen LogP contribution in [-0.4, -0.2) is 44.7 Å². The van der Waals surface area contributed by atoms with E-state index in [9.17, 15) is 4.79 Å². The van der Waals surface area contributed by atoms with Crippen LogP contribution in [0.2, 0.25) is 0 Å². The average molecular weight is 315 g/mol. The molecule has 1 atom stereocenters. The van der Waals surface area contributed by atoms with E-state index in [4.69, 9.17) is 20.9 Å². The number of carbonyl (C=O) groups excluding carboxylic acids is 1. The molecule has 0 saturated heterocycles. The third-order valence-electron chi connectivity index (χ3n) is 3.27. The summed E-state index contributed by atoms with van der Waals surface area (Å²) in [6.07, 6.45) is 5.15. The van der Waals surface area contributed by atoms with Gasteiger partial charge in [-0.2, -0.15) is 0 Å². The Bertz CT molecular complexity index is 305. The van der Waals surface area contributed by atoms with Crippen molar-refractivity contribution in [2.75, 3.05) is 33.0 Å². The van der Waals surface area contributed by atoms with E-state index in [1.54, 1.807) is 0 Å². The van der Waals surface area contributed by atoms with Gasteiger partial charge in [0, 0.05) is 26.0 Å². The number of guanidine groups is 1. The number of carbonyl (C=O) groups is 1. The first kappa shape index (κ1) is 20.9. The number of ketones is 1. The van der Waals surface area contributed by atoms with E-state index in [-0.39, 0.29) is 11.7 Å². The molecular formula is C16H33N3O3. The molecule has 6 heteroatoms. The Labute approximate surface area is 134 Å². The largest absolute Gasteiger partial charge is 0.379 e. The van der Waals surface area contributed by atoms with Crippen LogP contribution in [0.1, 0.15) is 52.4 Å². The highest BCUT2D eigenvalue weighted by atomic mass is 16.5. The number of rotatable bonds is 15. The number of unbranched alkanes of at least 4 members (excludes halogenated alkanes) is 1. The smallest absolute Gasteiger partial charge is 0.185 e. The maximum atomic E-state index is 11.8. The van der Waals surface area contributed by atoms with Crippen LogP contribution in [0, 0.1) is 5.92 Å². The molecule has 0 amide bonds. The fraction of sp³-hybridized carbons (Fsp3) is 0.875. The van der Waals surface area contributed by atoms with E-state index in [0.29, 0.717) is 45.1 Å². The van der Waals surface area contributed by atoms with Crippen molar-refractivity contribution in [2.45, 2.75) is 52.4 Å². The summed E-state index contributed by atoms with van der Waals surface area (Å²) in [6.45, 7) is 7.28. The predicted molar refractivity (Wildman–Crippen MR) is 89.9 cm³/mol. The molecule has 6 nitrogen and oxygen atoms in total. The SMILES string of the molecule is CCCCOCCOCCC(=O)CC(C)CCCN=C(N)N. The summed E-state index contributed by atoms with van der Waals surface area (Å²) in [5.41, 5.74) is 10.5. The molecule has 0 spiro atoms. The zero-order valence-electron chi connectivity index (χ0n) is 14.2. The second kappa shape index (κ2) is 14.8. The van der Waals surface area contributed by atoms with Crippen molar-refractivity contribution in [1.82, 2.24) is 0 Å². The number of hydrogen-bond donors (Lipinski definition) is 2. The summed E-state index contributed by atoms with van der Waals surface area (Å²) in [7, 11) is 0. The lowest BCUT2D eigenvalue weighted by molar-refractivity contribution is -0.121. The standard InChI is InChI=1S/C16H33N3O3/c1-3-4-9-21-11-12-22-10-7-15(20)13-14(2)6-5-8-19-16(17)18/h14H,3-13H2,1-2H3,(H4,17,18,19). The van der Waals surface area contributed by atoms with Gasteiger partial charge in [-0.25, -0.2) is 0 Å². The lowest BCUT2D eigenvalue weighted by atomic mass is 9.98. The summed E-state index contributed by atoms with van der Waals surface area (Å²) < 4.78 is 10.8. The van der Waals surface area contributed by atoms with Crippen LogP contribution in [0.15, 0.2) is 4.99 Å². The molecule has 0 aliphatic heterocycles. The Balaban J connectivity index is 3.42. The molecule has 0 heterocycles. The fourth-order valence-electron chi connectivity index (χ4n) is 2.00. The maximum Gasteiger partial charge on any atom is 0.185 e. The summed E-state index contributed by atoms with van der Waals surface area (Å²) in [6, 6.07) is 0. The van der Waals surface area contributed by atoms with Crippen molar-refractivity contribution in [3.05, 3.63) is 0 Å². The molecule has 0 aromatic carbocycles. The maximum absolute atomic E-state index is 11.8. The van der Waals surface area contributed by atoms with Gasteiger partial charge in [-0.15, -0.1) is 0 Å². The van der Waals surface area contributed by atoms with E-state index in [1.807, 2.05) is 0 Å². The molecule has 0 bridgehead atoms. The summed E-state index contributed by atoms with van der Waals surface area (Å²) in [5, 5.41) is 0. The fourth-order valence-corrected chi connectivity index (χ4v) is 2.00. The molecular weight excluding hydrogens is 282 g/mol. The molecule has 0 aromatic rings. The van der Waals surface area contributed by atoms with Crippen LogP contribution in [-0.2, 0) is 14.3 Å². The number of ether oxygens (including phenoxy) is 2. The van der Waals surface area contributed by atoms with Gasteiger partial charge in [-0.05, 0) is 25.2 Å². The van der Waals surface area contributed by atoms with E-state index in [1.165, 1.54) is 0 Å². The minimum Gasteiger partial charge on any atom is -0.379 e. The van der Waals surface area contributed by atoms with Gasteiger partial charge >= 0.3 is 0 Å². The topological polar surface area (TPSA) is 99.9 Å². The van der Waals surface area contributed by atoms with E-state index in [0.717, 1.165) is 32.3 Å². The first-order valence-corrected chi connectivity index (χ1v) is 8.28. The molecule has 1 unspecified atom stereocenters. The number of hydrogen-bond acceptors (Lipinski definition) is 4. The zero-order valence-corrected chi connectivity index (χ0v) is 14.2. The van der Waals surface area contributed by atoms with Crippen LogP contribution in [0.4, 0.5) is 0 Å². The molecule has 0 aromatic heterocycles. The quantitative estimate of drug-likeness (QED) is 0.273. The lowest BCUT2D eigenvalue weighted by Crippen LogP contribution is -2.23. The molecule has 0 aliphatic rings. The van der Waals surface area contributed by atoms with Crippen molar-refractivity contribution in [3.63, 3.8) is 0 Å². The van der Waals surface area contributed by atoms with Crippen molar-refractivity contribution in [3.8, 4) is 0 Å². The Morgan fingerprint density at radius 3 is 2.41 bits per heavy atom. The number of aliphatic imine (C=N–C) groups is 1. The Hall–Kier alpha value is -1.14. The first-order chi connectivity index (χ1) is 10.6. The van der Waals surface area contributed by atoms with Crippen LogP contribution in [0.3, 0.4) is 0 Å². The van der Waals surface area contributed by atoms with E-state index >= 15 is 0 Å². The first-order valence-electron chi connectivity index (χ1n) is 8.28. The number of nitrogens with zero attached hydrogens (tertiary/aromatic N) is 1. The van der Waals surface area contributed by atoms with Crippen LogP contribution in [0.25, 0.3) is 0 Å². The van der Waals surface area contributed by atoms with Crippen molar-refractivity contribution in [2.24, 2.45) is 22.4 Å². The van der Waals surface area contributed by atoms with Crippen molar-refractivity contribution in [1.29, 1.82) is 0 Å². The Kier molecular flexibility index (Phi) is 14.0. The van der Waals surface area contributed by atoms with Gasteiger partial charge in [0.05, 0.1) is 19.8 Å². The molecule has 4 N–H and O–H groups in total. The second-order valence-electron chi connectivity index (χ2n) is 5.63. The van der Waals surface area contributed by atoms with Crippen LogP contribution in [0.5, 0.6) is 0 Å². The van der Waals surface area contributed by atoms with Gasteiger partial charge in [-0.1, -0.05) is 20.3 Å². The van der Waals surface area contributed by atoms with Gasteiger partial charge in [0.1, 0.15) is 5.78 Å². The van der Waals surface area contributed by atoms with Gasteiger partial charge in [-0.3, -0.25) is 9.79 Å². The molecule has 0 saturated carbocycles. The summed E-state index contributed by atoms with van der Waals surface area (Å²) in [4.78, 5) is 15.7. The lowest BCUT2D eigenvalue weighted by Gasteiger charge is -2.10. The number of nitrogens with two attached hydrogens (primary N) is 2. The highest BCUT2D eigenvalue weighted by molar-refractivity contribution is 5.78. The number of Topliss-reactive ketones (excluding diaryl/α,β-unsaturated/α-hetero) is 1. The third kappa shape index (κ3) is 15.3. The predicted octanol–water partition coefficient (Wildman–Crippen LogP) is 1.86. The molecule has 0 aliphatic carbocycles. The molecule has 0 fully saturated rings. The molecule has 0 radical (unpaired) electrons. The van der Waals surface area contributed by atoms with E-state index < -0.39 is 0 Å². The second-order valence-corrected chi connectivity index (χ2v) is 5.63. The van der Waals surface area contributed by atoms with Gasteiger partial charge in [0.25, 0.3) is 0 Å². The third-order valence-corrected chi connectivity index (χ3v) is 3.27. The molecule has 0 rings (SSSR count). The minimum atomic E-state index is 0.125. The van der Waals surface area contributed by atoms with E-state index in [2.05, 4.69) is 18.8 Å². The monoisotopic (exact) mass is 315 g/mol. The highest BCUT2D eigenvalue weighted by Gasteiger charge is 2.09. The van der Waals surface area contributed by atoms with Crippen molar-refractivity contribution >= 4 is 11.7 Å². The highest BCUT2D eigenvalue weighted by Crippen LogP contribution is 2.12. The average Bonchev–Trinajstić information content (AvgIpc) is 2.46. The molecule has 130 valence electrons. The van der Waals surface area contributed by atoms with Crippen LogP contribution < -0.4 is 11.5 Å². The Morgan fingerprint density at radius 1 is 1.09 bits per heavy atom. The van der Waals surface area contributed by atoms with Gasteiger partial charge in [0.15, 0.2) is 5.96 Å². The zero-order chi connectivity index (χ0) is 16.6. The van der Waals surface area contributed by atoms with Crippen molar-refractivity contribution < 1.29 is 14.3 Å². The Morgan fingerprint density at radius 2 is 1.77 bits per heavy atom. The summed E-state index contributed by atoms with van der Waals surface area (Å²) in [5.74, 6) is 0.736. The molecule has 22 heavy (non-hydrogen) atoms. The van der Waals surface area contributed by atoms with Gasteiger partial charge in [0.2, 0.25) is 0 Å². The summed E-state index contributed by atoms with van der Waals surface area (Å²) >= 11 is 0. The van der Waals surface area contributed by atoms with Gasteiger partial charge < -0.3 is 20.9 Å². The van der Waals surface area contributed by atoms with Crippen LogP contribution >= 0.6 is 0 Å². The minimum absolute atomic E-state index is 0.125.